The van der Waals surface area contributed by atoms with E-state index in [0.29, 0.717) is 24.1 Å². The van der Waals surface area contributed by atoms with Crippen LogP contribution in [0.1, 0.15) is 40.5 Å². The molecule has 18 heavy (non-hydrogen) atoms. The van der Waals surface area contributed by atoms with Crippen LogP contribution in [0.2, 0.25) is 0 Å². The standard InChI is InChI=1S/C13H28N2O2S/c1-5-13(3,4)14-11-12(2)15-7-6-9-18(16,17)10-8-15/h12,14H,5-11H2,1-4H3. The molecule has 1 saturated heterocycles. The third-order valence-corrected chi connectivity index (χ3v) is 5.69. The van der Waals surface area contributed by atoms with Crippen molar-refractivity contribution < 1.29 is 8.42 Å². The van der Waals surface area contributed by atoms with Crippen molar-refractivity contribution in [1.29, 1.82) is 0 Å². The lowest BCUT2D eigenvalue weighted by Gasteiger charge is -2.32. The number of nitrogens with zero attached hydrogens (tertiary/aromatic N) is 1. The summed E-state index contributed by atoms with van der Waals surface area (Å²) in [6.45, 7) is 11.2. The molecule has 108 valence electrons. The molecule has 1 atom stereocenters. The van der Waals surface area contributed by atoms with Gasteiger partial charge in [-0.15, -0.1) is 0 Å². The Morgan fingerprint density at radius 2 is 1.94 bits per heavy atom. The van der Waals surface area contributed by atoms with E-state index in [1.807, 2.05) is 0 Å². The van der Waals surface area contributed by atoms with Gasteiger partial charge in [-0.05, 0) is 40.2 Å². The quantitative estimate of drug-likeness (QED) is 0.822. The number of nitrogens with one attached hydrogen (secondary N) is 1. The Bertz CT molecular complexity index is 352. The summed E-state index contributed by atoms with van der Waals surface area (Å²) in [5.41, 5.74) is 0.159. The van der Waals surface area contributed by atoms with E-state index < -0.39 is 9.84 Å². The molecule has 1 aliphatic rings. The smallest absolute Gasteiger partial charge is 0.151 e. The van der Waals surface area contributed by atoms with E-state index in [4.69, 9.17) is 0 Å². The van der Waals surface area contributed by atoms with Crippen molar-refractivity contribution in [2.45, 2.75) is 52.1 Å². The molecule has 0 aromatic rings. The van der Waals surface area contributed by atoms with Gasteiger partial charge >= 0.3 is 0 Å². The summed E-state index contributed by atoms with van der Waals surface area (Å²) >= 11 is 0. The number of hydrogen-bond acceptors (Lipinski definition) is 4. The number of hydrogen-bond donors (Lipinski definition) is 1. The molecule has 4 nitrogen and oxygen atoms in total. The summed E-state index contributed by atoms with van der Waals surface area (Å²) in [5, 5.41) is 3.56. The summed E-state index contributed by atoms with van der Waals surface area (Å²) in [7, 11) is -2.80. The highest BCUT2D eigenvalue weighted by atomic mass is 32.2. The Kier molecular flexibility index (Phi) is 5.62. The zero-order chi connectivity index (χ0) is 13.8. The molecule has 1 fully saturated rings. The molecule has 0 radical (unpaired) electrons. The molecule has 0 spiro atoms. The lowest BCUT2D eigenvalue weighted by atomic mass is 10.0. The molecule has 1 heterocycles. The maximum absolute atomic E-state index is 11.6. The van der Waals surface area contributed by atoms with E-state index in [1.54, 1.807) is 0 Å². The van der Waals surface area contributed by atoms with Crippen molar-refractivity contribution in [2.24, 2.45) is 0 Å². The summed E-state index contributed by atoms with van der Waals surface area (Å²) in [6.07, 6.45) is 1.86. The van der Waals surface area contributed by atoms with Crippen LogP contribution in [-0.4, -0.2) is 56.0 Å². The minimum absolute atomic E-state index is 0.159. The minimum Gasteiger partial charge on any atom is -0.310 e. The van der Waals surface area contributed by atoms with Crippen LogP contribution in [0.4, 0.5) is 0 Å². The Morgan fingerprint density at radius 3 is 2.56 bits per heavy atom. The molecule has 0 saturated carbocycles. The molecule has 1 aliphatic heterocycles. The van der Waals surface area contributed by atoms with Crippen molar-refractivity contribution in [3.63, 3.8) is 0 Å². The first-order chi connectivity index (χ1) is 8.26. The van der Waals surface area contributed by atoms with Crippen molar-refractivity contribution in [3.05, 3.63) is 0 Å². The Morgan fingerprint density at radius 1 is 1.28 bits per heavy atom. The normalized spacial score (nSPS) is 23.6. The first-order valence-electron chi connectivity index (χ1n) is 6.95. The van der Waals surface area contributed by atoms with Crippen LogP contribution < -0.4 is 5.32 Å². The predicted octanol–water partition coefficient (Wildman–Crippen LogP) is 1.27. The highest BCUT2D eigenvalue weighted by molar-refractivity contribution is 7.91. The van der Waals surface area contributed by atoms with Gasteiger partial charge in [0.25, 0.3) is 0 Å². The fraction of sp³-hybridized carbons (Fsp3) is 1.00. The van der Waals surface area contributed by atoms with E-state index in [0.717, 1.165) is 25.9 Å². The summed E-state index contributed by atoms with van der Waals surface area (Å²) in [4.78, 5) is 2.29. The lowest BCUT2D eigenvalue weighted by molar-refractivity contribution is 0.204. The van der Waals surface area contributed by atoms with Gasteiger partial charge in [0, 0.05) is 24.7 Å². The highest BCUT2D eigenvalue weighted by Crippen LogP contribution is 2.11. The monoisotopic (exact) mass is 276 g/mol. The molecule has 1 N–H and O–H groups in total. The van der Waals surface area contributed by atoms with Gasteiger partial charge in [0.1, 0.15) is 0 Å². The van der Waals surface area contributed by atoms with Gasteiger partial charge in [0.05, 0.1) is 11.5 Å². The van der Waals surface area contributed by atoms with Crippen LogP contribution in [0.25, 0.3) is 0 Å². The Labute approximate surface area is 112 Å². The summed E-state index contributed by atoms with van der Waals surface area (Å²) in [6, 6.07) is 0.393. The SMILES string of the molecule is CCC(C)(C)NCC(C)N1CCCS(=O)(=O)CC1. The zero-order valence-corrected chi connectivity index (χ0v) is 13.0. The van der Waals surface area contributed by atoms with E-state index in [2.05, 4.69) is 37.9 Å². The fourth-order valence-corrected chi connectivity index (χ4v) is 3.36. The van der Waals surface area contributed by atoms with Crippen LogP contribution in [0, 0.1) is 0 Å². The van der Waals surface area contributed by atoms with E-state index in [-0.39, 0.29) is 5.54 Å². The molecule has 1 rings (SSSR count). The number of sulfone groups is 1. The van der Waals surface area contributed by atoms with Crippen LogP contribution in [0.3, 0.4) is 0 Å². The van der Waals surface area contributed by atoms with E-state index in [1.165, 1.54) is 0 Å². The fourth-order valence-electron chi connectivity index (χ4n) is 2.08. The Hall–Kier alpha value is -0.130. The summed E-state index contributed by atoms with van der Waals surface area (Å²) < 4.78 is 23.1. The van der Waals surface area contributed by atoms with Gasteiger partial charge in [0.2, 0.25) is 0 Å². The van der Waals surface area contributed by atoms with Crippen molar-refractivity contribution >= 4 is 9.84 Å². The van der Waals surface area contributed by atoms with Gasteiger partial charge in [-0.2, -0.15) is 0 Å². The van der Waals surface area contributed by atoms with Gasteiger partial charge in [-0.3, -0.25) is 4.90 Å². The second-order valence-electron chi connectivity index (χ2n) is 6.01. The first-order valence-corrected chi connectivity index (χ1v) is 8.77. The zero-order valence-electron chi connectivity index (χ0n) is 12.2. The van der Waals surface area contributed by atoms with Crippen LogP contribution in [-0.2, 0) is 9.84 Å². The highest BCUT2D eigenvalue weighted by Gasteiger charge is 2.23. The van der Waals surface area contributed by atoms with Crippen molar-refractivity contribution in [3.8, 4) is 0 Å². The van der Waals surface area contributed by atoms with Gasteiger partial charge in [0.15, 0.2) is 9.84 Å². The molecule has 0 aromatic carbocycles. The summed E-state index contributed by atoms with van der Waals surface area (Å²) in [5.74, 6) is 0.665. The Balaban J connectivity index is 2.45. The van der Waals surface area contributed by atoms with Crippen molar-refractivity contribution in [2.75, 3.05) is 31.1 Å². The molecule has 0 aliphatic carbocycles. The topological polar surface area (TPSA) is 49.4 Å². The largest absolute Gasteiger partial charge is 0.310 e. The maximum Gasteiger partial charge on any atom is 0.151 e. The van der Waals surface area contributed by atoms with Crippen LogP contribution in [0.5, 0.6) is 0 Å². The average molecular weight is 276 g/mol. The van der Waals surface area contributed by atoms with Crippen molar-refractivity contribution in [1.82, 2.24) is 10.2 Å². The van der Waals surface area contributed by atoms with Gasteiger partial charge < -0.3 is 5.32 Å². The average Bonchev–Trinajstić information content (AvgIpc) is 2.47. The number of rotatable bonds is 5. The third kappa shape index (κ3) is 5.24. The molecule has 1 unspecified atom stereocenters. The molecule has 0 aromatic heterocycles. The molecule has 0 bridgehead atoms. The second-order valence-corrected chi connectivity index (χ2v) is 8.31. The molecule has 5 heteroatoms. The minimum atomic E-state index is -2.80. The van der Waals surface area contributed by atoms with Crippen LogP contribution in [0.15, 0.2) is 0 Å². The van der Waals surface area contributed by atoms with Gasteiger partial charge in [-0.1, -0.05) is 6.92 Å². The first kappa shape index (κ1) is 15.9. The maximum atomic E-state index is 11.6. The third-order valence-electron chi connectivity index (χ3n) is 3.97. The predicted molar refractivity (Wildman–Crippen MR) is 76.7 cm³/mol. The lowest BCUT2D eigenvalue weighted by Crippen LogP contribution is -2.48. The van der Waals surface area contributed by atoms with E-state index >= 15 is 0 Å². The molecular formula is C13H28N2O2S. The van der Waals surface area contributed by atoms with E-state index in [9.17, 15) is 8.42 Å². The second kappa shape index (κ2) is 6.35. The molecule has 0 amide bonds. The van der Waals surface area contributed by atoms with Crippen LogP contribution >= 0.6 is 0 Å². The van der Waals surface area contributed by atoms with Gasteiger partial charge in [-0.25, -0.2) is 8.42 Å². The molecular weight excluding hydrogens is 248 g/mol.